The predicted octanol–water partition coefficient (Wildman–Crippen LogP) is 2.90. The predicted molar refractivity (Wildman–Crippen MR) is 74.4 cm³/mol. The number of halogens is 1. The minimum absolute atomic E-state index is 0.0553. The molecule has 0 radical (unpaired) electrons. The highest BCUT2D eigenvalue weighted by Gasteiger charge is 2.38. The number of aliphatic hydroxyl groups excluding tert-OH is 1. The first-order valence-electron chi connectivity index (χ1n) is 6.94. The number of carbonyl (C=O) groups excluding carboxylic acids is 1. The second kappa shape index (κ2) is 5.22. The Morgan fingerprint density at radius 1 is 1.40 bits per heavy atom. The standard InChI is InChI=1S/C14H17ClN2O3/c1-8-12(15)14(19)17(13(8)18)11-7-10(20-16-11)9-5-3-2-4-6-9/h7,9,13,18H,2-6H2,1H3. The van der Waals surface area contributed by atoms with Gasteiger partial charge in [-0.25, -0.2) is 0 Å². The van der Waals surface area contributed by atoms with Crippen LogP contribution in [0.3, 0.4) is 0 Å². The summed E-state index contributed by atoms with van der Waals surface area (Å²) in [6.45, 7) is 1.63. The molecule has 1 N–H and O–H groups in total. The van der Waals surface area contributed by atoms with E-state index in [0.29, 0.717) is 17.3 Å². The fourth-order valence-electron chi connectivity index (χ4n) is 2.89. The van der Waals surface area contributed by atoms with E-state index in [0.717, 1.165) is 18.6 Å². The molecule has 2 aliphatic rings. The molecule has 1 saturated carbocycles. The lowest BCUT2D eigenvalue weighted by atomic mass is 9.87. The van der Waals surface area contributed by atoms with Gasteiger partial charge in [0.05, 0.1) is 0 Å². The van der Waals surface area contributed by atoms with Crippen LogP contribution in [0.15, 0.2) is 21.2 Å². The van der Waals surface area contributed by atoms with Gasteiger partial charge in [-0.3, -0.25) is 9.69 Å². The molecule has 1 amide bonds. The average Bonchev–Trinajstić information content (AvgIpc) is 3.02. The number of amides is 1. The Balaban J connectivity index is 1.82. The Bertz CT molecular complexity index is 561. The van der Waals surface area contributed by atoms with Gasteiger partial charge in [-0.05, 0) is 19.8 Å². The molecule has 1 aromatic rings. The molecular formula is C14H17ClN2O3. The molecular weight excluding hydrogens is 280 g/mol. The van der Waals surface area contributed by atoms with Crippen LogP contribution < -0.4 is 4.90 Å². The van der Waals surface area contributed by atoms with Gasteiger partial charge in [0.25, 0.3) is 5.91 Å². The maximum atomic E-state index is 12.0. The van der Waals surface area contributed by atoms with E-state index in [1.807, 2.05) is 0 Å². The molecule has 1 aliphatic heterocycles. The van der Waals surface area contributed by atoms with Crippen LogP contribution >= 0.6 is 11.6 Å². The van der Waals surface area contributed by atoms with Gasteiger partial charge in [-0.2, -0.15) is 0 Å². The van der Waals surface area contributed by atoms with Crippen LogP contribution in [-0.2, 0) is 4.79 Å². The highest BCUT2D eigenvalue weighted by molar-refractivity contribution is 6.45. The number of carbonyl (C=O) groups is 1. The van der Waals surface area contributed by atoms with Crippen molar-refractivity contribution in [3.63, 3.8) is 0 Å². The van der Waals surface area contributed by atoms with Crippen LogP contribution in [0.25, 0.3) is 0 Å². The molecule has 1 aliphatic carbocycles. The highest BCUT2D eigenvalue weighted by Crippen LogP contribution is 2.36. The Morgan fingerprint density at radius 2 is 2.10 bits per heavy atom. The van der Waals surface area contributed by atoms with E-state index in [2.05, 4.69) is 5.16 Å². The lowest BCUT2D eigenvalue weighted by molar-refractivity contribution is -0.115. The largest absolute Gasteiger partial charge is 0.369 e. The van der Waals surface area contributed by atoms with Crippen LogP contribution in [0.4, 0.5) is 5.82 Å². The molecule has 1 atom stereocenters. The van der Waals surface area contributed by atoms with E-state index >= 15 is 0 Å². The Labute approximate surface area is 122 Å². The van der Waals surface area contributed by atoms with Gasteiger partial charge in [-0.15, -0.1) is 0 Å². The van der Waals surface area contributed by atoms with Gasteiger partial charge in [0.15, 0.2) is 12.0 Å². The third-order valence-electron chi connectivity index (χ3n) is 4.15. The Kier molecular flexibility index (Phi) is 3.56. The molecule has 0 saturated heterocycles. The van der Waals surface area contributed by atoms with Crippen LogP contribution in [0.1, 0.15) is 50.7 Å². The van der Waals surface area contributed by atoms with Crippen molar-refractivity contribution in [2.24, 2.45) is 0 Å². The summed E-state index contributed by atoms with van der Waals surface area (Å²) in [6.07, 6.45) is 4.77. The molecule has 20 heavy (non-hydrogen) atoms. The quantitative estimate of drug-likeness (QED) is 0.911. The average molecular weight is 297 g/mol. The van der Waals surface area contributed by atoms with Crippen molar-refractivity contribution >= 4 is 23.3 Å². The summed E-state index contributed by atoms with van der Waals surface area (Å²) in [5, 5.41) is 14.0. The van der Waals surface area contributed by atoms with E-state index in [4.69, 9.17) is 16.1 Å². The van der Waals surface area contributed by atoms with Crippen molar-refractivity contribution in [2.75, 3.05) is 4.90 Å². The third-order valence-corrected chi connectivity index (χ3v) is 4.61. The lowest BCUT2D eigenvalue weighted by Gasteiger charge is -2.19. The molecule has 0 aromatic carbocycles. The first kappa shape index (κ1) is 13.6. The Hall–Kier alpha value is -1.33. The third kappa shape index (κ3) is 2.15. The second-order valence-corrected chi connectivity index (χ2v) is 5.85. The number of hydrogen-bond acceptors (Lipinski definition) is 4. The van der Waals surface area contributed by atoms with E-state index in [1.54, 1.807) is 13.0 Å². The zero-order valence-corrected chi connectivity index (χ0v) is 12.1. The summed E-state index contributed by atoms with van der Waals surface area (Å²) < 4.78 is 5.37. The van der Waals surface area contributed by atoms with Gasteiger partial charge >= 0.3 is 0 Å². The number of hydrogen-bond donors (Lipinski definition) is 1. The number of anilines is 1. The summed E-state index contributed by atoms with van der Waals surface area (Å²) in [4.78, 5) is 13.2. The van der Waals surface area contributed by atoms with Crippen LogP contribution in [0.2, 0.25) is 0 Å². The zero-order valence-electron chi connectivity index (χ0n) is 11.3. The molecule has 0 spiro atoms. The van der Waals surface area contributed by atoms with E-state index in [-0.39, 0.29) is 5.03 Å². The maximum absolute atomic E-state index is 12.0. The van der Waals surface area contributed by atoms with Gasteiger partial charge in [0.2, 0.25) is 0 Å². The SMILES string of the molecule is CC1=C(Cl)C(=O)N(c2cc(C3CCCCC3)on2)C1O. The normalized spacial score (nSPS) is 24.9. The van der Waals surface area contributed by atoms with E-state index < -0.39 is 12.1 Å². The van der Waals surface area contributed by atoms with Crippen molar-refractivity contribution in [2.45, 2.75) is 51.2 Å². The van der Waals surface area contributed by atoms with Crippen LogP contribution in [-0.4, -0.2) is 22.4 Å². The molecule has 3 rings (SSSR count). The molecule has 1 aromatic heterocycles. The van der Waals surface area contributed by atoms with Gasteiger partial charge in [0, 0.05) is 17.6 Å². The van der Waals surface area contributed by atoms with Gasteiger partial charge < -0.3 is 9.63 Å². The smallest absolute Gasteiger partial charge is 0.273 e. The number of aliphatic hydroxyl groups is 1. The first-order chi connectivity index (χ1) is 9.59. The molecule has 5 nitrogen and oxygen atoms in total. The minimum Gasteiger partial charge on any atom is -0.369 e. The number of nitrogens with zero attached hydrogens (tertiary/aromatic N) is 2. The minimum atomic E-state index is -1.06. The highest BCUT2D eigenvalue weighted by atomic mass is 35.5. The number of rotatable bonds is 2. The topological polar surface area (TPSA) is 66.6 Å². The fraction of sp³-hybridized carbons (Fsp3) is 0.571. The second-order valence-electron chi connectivity index (χ2n) is 5.47. The van der Waals surface area contributed by atoms with Gasteiger partial charge in [-0.1, -0.05) is 36.0 Å². The molecule has 108 valence electrons. The first-order valence-corrected chi connectivity index (χ1v) is 7.32. The zero-order chi connectivity index (χ0) is 14.3. The molecule has 1 unspecified atom stereocenters. The maximum Gasteiger partial charge on any atom is 0.273 e. The molecule has 6 heteroatoms. The summed E-state index contributed by atoms with van der Waals surface area (Å²) in [6, 6.07) is 1.75. The summed E-state index contributed by atoms with van der Waals surface area (Å²) in [5.41, 5.74) is 0.443. The van der Waals surface area contributed by atoms with E-state index in [9.17, 15) is 9.90 Å². The lowest BCUT2D eigenvalue weighted by Crippen LogP contribution is -2.35. The van der Waals surface area contributed by atoms with Crippen molar-refractivity contribution < 1.29 is 14.4 Å². The van der Waals surface area contributed by atoms with Crippen LogP contribution in [0, 0.1) is 0 Å². The van der Waals surface area contributed by atoms with Crippen molar-refractivity contribution in [1.29, 1.82) is 0 Å². The van der Waals surface area contributed by atoms with E-state index in [1.165, 1.54) is 24.2 Å². The monoisotopic (exact) mass is 296 g/mol. The summed E-state index contributed by atoms with van der Waals surface area (Å²) >= 11 is 5.88. The van der Waals surface area contributed by atoms with Crippen molar-refractivity contribution in [3.05, 3.63) is 22.4 Å². The molecule has 1 fully saturated rings. The fourth-order valence-corrected chi connectivity index (χ4v) is 3.08. The molecule has 0 bridgehead atoms. The number of aromatic nitrogens is 1. The van der Waals surface area contributed by atoms with Crippen molar-refractivity contribution in [1.82, 2.24) is 5.16 Å². The Morgan fingerprint density at radius 3 is 2.70 bits per heavy atom. The van der Waals surface area contributed by atoms with Crippen molar-refractivity contribution in [3.8, 4) is 0 Å². The van der Waals surface area contributed by atoms with Gasteiger partial charge in [0.1, 0.15) is 10.8 Å². The summed E-state index contributed by atoms with van der Waals surface area (Å²) in [7, 11) is 0. The summed E-state index contributed by atoms with van der Waals surface area (Å²) in [5.74, 6) is 1.06. The molecule has 2 heterocycles. The van der Waals surface area contributed by atoms with Crippen LogP contribution in [0.5, 0.6) is 0 Å².